The van der Waals surface area contributed by atoms with E-state index >= 15 is 0 Å². The minimum atomic E-state index is -0.942. The Morgan fingerprint density at radius 1 is 1.07 bits per heavy atom. The molecule has 1 aromatic heterocycles. The highest BCUT2D eigenvalue weighted by Crippen LogP contribution is 2.40. The van der Waals surface area contributed by atoms with E-state index in [9.17, 15) is 19.2 Å². The van der Waals surface area contributed by atoms with Crippen LogP contribution in [0.5, 0.6) is 0 Å². The van der Waals surface area contributed by atoms with Crippen molar-refractivity contribution in [1.29, 1.82) is 0 Å². The number of nitrogens with zero attached hydrogens (tertiary/aromatic N) is 6. The molecule has 7 rings (SSSR count). The number of hydrogen-bond acceptors (Lipinski definition) is 10. The normalized spacial score (nSPS) is 22.9. The van der Waals surface area contributed by atoms with E-state index in [0.29, 0.717) is 38.9 Å². The Hall–Kier alpha value is -5.41. The second kappa shape index (κ2) is 23.6. The lowest BCUT2D eigenvalue weighted by Gasteiger charge is -2.39. The number of hydrogen-bond donors (Lipinski definition) is 2. The zero-order valence-corrected chi connectivity index (χ0v) is 45.1. The van der Waals surface area contributed by atoms with Gasteiger partial charge in [-0.25, -0.2) is 5.43 Å². The number of nitrogens with one attached hydrogen (secondary N) is 2. The molecule has 390 valence electrons. The van der Waals surface area contributed by atoms with Gasteiger partial charge in [-0.05, 0) is 132 Å². The second-order valence-electron chi connectivity index (χ2n) is 21.9. The van der Waals surface area contributed by atoms with Crippen molar-refractivity contribution < 1.29 is 28.7 Å². The molecule has 1 unspecified atom stereocenters. The summed E-state index contributed by atoms with van der Waals surface area (Å²) in [5, 5.41) is 5.85. The van der Waals surface area contributed by atoms with Gasteiger partial charge in [0.2, 0.25) is 11.8 Å². The van der Waals surface area contributed by atoms with Crippen molar-refractivity contribution in [3.8, 4) is 11.1 Å². The maximum Gasteiger partial charge on any atom is 0.324 e. The number of aliphatic imine (C=N–C) groups is 1. The number of ether oxygens (including phenoxy) is 2. The van der Waals surface area contributed by atoms with Gasteiger partial charge in [0.15, 0.2) is 0 Å². The van der Waals surface area contributed by atoms with Gasteiger partial charge in [0.25, 0.3) is 5.91 Å². The van der Waals surface area contributed by atoms with Crippen molar-refractivity contribution in [2.45, 2.75) is 137 Å². The Kier molecular flexibility index (Phi) is 17.8. The fourth-order valence-electron chi connectivity index (χ4n) is 11.4. The van der Waals surface area contributed by atoms with E-state index in [1.165, 1.54) is 16.7 Å². The molecule has 0 radical (unpaired) electrons. The minimum Gasteiger partial charge on any atom is -0.464 e. The summed E-state index contributed by atoms with van der Waals surface area (Å²) in [4.78, 5) is 67.6. The molecule has 6 bridgehead atoms. The van der Waals surface area contributed by atoms with Crippen LogP contribution in [-0.4, -0.2) is 145 Å². The van der Waals surface area contributed by atoms with Crippen molar-refractivity contribution in [3.63, 3.8) is 0 Å². The van der Waals surface area contributed by atoms with Gasteiger partial charge in [-0.2, -0.15) is 0 Å². The van der Waals surface area contributed by atoms with Crippen LogP contribution in [0.25, 0.3) is 27.6 Å². The van der Waals surface area contributed by atoms with E-state index in [1.54, 1.807) is 7.11 Å². The maximum atomic E-state index is 14.8. The Morgan fingerprint density at radius 3 is 2.53 bits per heavy atom. The number of fused-ring (bicyclic) bond motifs is 6. The molecule has 5 heterocycles. The number of carbonyl (C=O) groups excluding carboxylic acids is 4. The number of likely N-dealkylation sites (N-methyl/N-ethyl adjacent to an activating group) is 2. The van der Waals surface area contributed by atoms with Crippen molar-refractivity contribution in [2.75, 3.05) is 60.5 Å². The number of amides is 3. The Balaban J connectivity index is 1.28. The maximum absolute atomic E-state index is 14.8. The number of aromatic nitrogens is 1. The van der Waals surface area contributed by atoms with Crippen molar-refractivity contribution in [1.82, 2.24) is 35.0 Å². The molecule has 0 saturated carbocycles. The van der Waals surface area contributed by atoms with Crippen LogP contribution < -0.4 is 10.7 Å². The van der Waals surface area contributed by atoms with E-state index in [1.807, 2.05) is 44.1 Å². The van der Waals surface area contributed by atoms with Crippen LogP contribution in [-0.2, 0) is 48.0 Å². The minimum absolute atomic E-state index is 0.0199. The number of likely N-dealkylation sites (tertiary alicyclic amines) is 1. The average Bonchev–Trinajstić information content (AvgIpc) is 3.99. The molecule has 0 aliphatic carbocycles. The molecule has 6 atom stereocenters. The Labute approximate surface area is 428 Å². The van der Waals surface area contributed by atoms with E-state index in [-0.39, 0.29) is 54.7 Å². The summed E-state index contributed by atoms with van der Waals surface area (Å²) in [5.41, 5.74) is 12.3. The quantitative estimate of drug-likeness (QED) is 0.0716. The summed E-state index contributed by atoms with van der Waals surface area (Å²) in [5.74, 6) is -0.966. The number of methoxy groups -OCH3 is 1. The van der Waals surface area contributed by atoms with Gasteiger partial charge in [-0.3, -0.25) is 34.1 Å². The molecular formula is C58H82N8O6. The first kappa shape index (κ1) is 54.4. The molecule has 0 spiro atoms. The second-order valence-corrected chi connectivity index (χ2v) is 21.9. The van der Waals surface area contributed by atoms with Crippen LogP contribution in [0, 0.1) is 17.3 Å². The number of rotatable bonds is 14. The zero-order valence-electron chi connectivity index (χ0n) is 45.1. The highest BCUT2D eigenvalue weighted by atomic mass is 16.5. The third-order valence-corrected chi connectivity index (χ3v) is 15.7. The number of carbonyl (C=O) groups is 4. The summed E-state index contributed by atoms with van der Waals surface area (Å²) in [7, 11) is 5.85. The number of aryl methyl sites for hydroxylation is 1. The number of hydrazine groups is 1. The number of benzene rings is 2. The molecule has 4 aliphatic heterocycles. The van der Waals surface area contributed by atoms with Crippen LogP contribution in [0.15, 0.2) is 77.5 Å². The molecule has 14 heteroatoms. The fourth-order valence-corrected chi connectivity index (χ4v) is 11.4. The SMILES string of the molecule is C=CC(=O)N1CC[C@H](C(C)N(C)[C@H](C(=O)N[C@H]2Cc3cccc(c3)-c3ccc4c(c3)c(c(/C(C)=C(/N=CCC3=CCN(C)CC3)[C@H](C)OC)n4CC)CC(C)(C)COC(=O)[C@@H]3CCCN(N3)C2=O)C(C)C)C1. The van der Waals surface area contributed by atoms with Gasteiger partial charge in [0.1, 0.15) is 12.1 Å². The van der Waals surface area contributed by atoms with Gasteiger partial charge in [0.05, 0.1) is 24.4 Å². The summed E-state index contributed by atoms with van der Waals surface area (Å²) in [6.45, 7) is 25.0. The van der Waals surface area contributed by atoms with Crippen molar-refractivity contribution in [3.05, 3.63) is 89.3 Å². The molecule has 2 saturated heterocycles. The van der Waals surface area contributed by atoms with E-state index < -0.39 is 29.5 Å². The average molecular weight is 987 g/mol. The topological polar surface area (TPSA) is 141 Å². The van der Waals surface area contributed by atoms with Crippen LogP contribution in [0.3, 0.4) is 0 Å². The molecule has 72 heavy (non-hydrogen) atoms. The van der Waals surface area contributed by atoms with Gasteiger partial charge in [0, 0.05) is 93.5 Å². The monoisotopic (exact) mass is 987 g/mol. The highest BCUT2D eigenvalue weighted by Gasteiger charge is 2.40. The molecule has 3 amide bonds. The Bertz CT molecular complexity index is 2570. The summed E-state index contributed by atoms with van der Waals surface area (Å²) in [6.07, 6.45) is 10.0. The molecule has 3 aromatic rings. The number of esters is 1. The largest absolute Gasteiger partial charge is 0.464 e. The molecule has 14 nitrogen and oxygen atoms in total. The third kappa shape index (κ3) is 12.3. The first-order chi connectivity index (χ1) is 34.3. The van der Waals surface area contributed by atoms with Crippen molar-refractivity contribution in [2.24, 2.45) is 22.2 Å². The van der Waals surface area contributed by atoms with Crippen LogP contribution in [0.1, 0.15) is 104 Å². The molecule has 2 N–H and O–H groups in total. The first-order valence-corrected chi connectivity index (χ1v) is 26.4. The number of cyclic esters (lactones) is 1. The fraction of sp³-hybridized carbons (Fsp3) is 0.569. The predicted molar refractivity (Wildman–Crippen MR) is 288 cm³/mol. The van der Waals surface area contributed by atoms with Gasteiger partial charge >= 0.3 is 5.97 Å². The van der Waals surface area contributed by atoms with E-state index in [4.69, 9.17) is 14.5 Å². The smallest absolute Gasteiger partial charge is 0.324 e. The van der Waals surface area contributed by atoms with Gasteiger partial charge in [-0.1, -0.05) is 76.3 Å². The third-order valence-electron chi connectivity index (χ3n) is 15.7. The number of allylic oxidation sites excluding steroid dienone is 1. The summed E-state index contributed by atoms with van der Waals surface area (Å²) >= 11 is 0. The van der Waals surface area contributed by atoms with E-state index in [2.05, 4.69) is 117 Å². The summed E-state index contributed by atoms with van der Waals surface area (Å²) in [6, 6.07) is 12.7. The summed E-state index contributed by atoms with van der Waals surface area (Å²) < 4.78 is 14.6. The van der Waals surface area contributed by atoms with E-state index in [0.717, 1.165) is 89.0 Å². The van der Waals surface area contributed by atoms with Crippen LogP contribution >= 0.6 is 0 Å². The first-order valence-electron chi connectivity index (χ1n) is 26.4. The zero-order chi connectivity index (χ0) is 52.0. The molecular weight excluding hydrogens is 905 g/mol. The lowest BCUT2D eigenvalue weighted by Crippen LogP contribution is -2.62. The van der Waals surface area contributed by atoms with Gasteiger partial charge < -0.3 is 29.2 Å². The Morgan fingerprint density at radius 2 is 1.83 bits per heavy atom. The lowest BCUT2D eigenvalue weighted by atomic mass is 9.84. The molecule has 4 aliphatic rings. The molecule has 2 aromatic carbocycles. The van der Waals surface area contributed by atoms with Crippen LogP contribution in [0.2, 0.25) is 0 Å². The predicted octanol–water partition coefficient (Wildman–Crippen LogP) is 7.84. The van der Waals surface area contributed by atoms with Crippen molar-refractivity contribution >= 4 is 46.4 Å². The lowest BCUT2D eigenvalue weighted by molar-refractivity contribution is -0.155. The van der Waals surface area contributed by atoms with Gasteiger partial charge in [-0.15, -0.1) is 0 Å². The standard InChI is InChI=1S/C58H82N8O6/c1-13-51(67)64-30-25-45(35-64)39(6)63(11)53(37(3)4)55(68)60-49-32-42-17-15-18-43(31-42)44-20-21-50-46(33-44)47(34-58(8,9)36-72-57(70)48-19-16-27-66(61-48)56(49)69)54(65(50)14-2)38(5)52(40(7)71-12)59-26-22-41-23-28-62(10)29-24-41/h13,15,17-18,20-21,23,26,31,33,37,39-40,45,48-49,53,61H,1,14,16,19,22,24-25,27-30,32,34-36H2,2-12H3,(H,60,68)/b52-38+,59-26?/t39?,40-,45-,48-,49-,53-/m0/s1. The highest BCUT2D eigenvalue weighted by molar-refractivity contribution is 5.94. The molecule has 2 fully saturated rings. The van der Waals surface area contributed by atoms with Crippen LogP contribution in [0.4, 0.5) is 0 Å².